The van der Waals surface area contributed by atoms with Crippen LogP contribution < -0.4 is 4.90 Å². The maximum Gasteiger partial charge on any atom is 0.252 e. The Morgan fingerprint density at radius 1 is 1.00 bits per heavy atom. The van der Waals surface area contributed by atoms with Crippen LogP contribution in [0.2, 0.25) is 0 Å². The van der Waals surface area contributed by atoms with Gasteiger partial charge in [-0.25, -0.2) is 13.3 Å². The summed E-state index contributed by atoms with van der Waals surface area (Å²) in [6.07, 6.45) is -0.195. The average Bonchev–Trinajstić information content (AvgIpc) is 2.89. The zero-order valence-electron chi connectivity index (χ0n) is 16.7. The minimum absolute atomic E-state index is 0.0738. The third-order valence-corrected chi connectivity index (χ3v) is 7.45. The van der Waals surface area contributed by atoms with Crippen LogP contribution in [-0.4, -0.2) is 36.1 Å². The number of carbonyl (C=O) groups excluding carboxylic acids is 2. The summed E-state index contributed by atoms with van der Waals surface area (Å²) in [5.74, 6) is -0.946. The number of hydrogen-bond acceptors (Lipinski definition) is 4. The van der Waals surface area contributed by atoms with Crippen LogP contribution in [0.15, 0.2) is 57.9 Å². The molecular formula is C21H23BrN2O4S. The molecule has 2 aromatic carbocycles. The van der Waals surface area contributed by atoms with Crippen LogP contribution in [0.25, 0.3) is 0 Å². The fourth-order valence-electron chi connectivity index (χ4n) is 3.48. The van der Waals surface area contributed by atoms with Crippen molar-refractivity contribution in [2.24, 2.45) is 0 Å². The molecule has 0 saturated carbocycles. The van der Waals surface area contributed by atoms with Gasteiger partial charge in [0.15, 0.2) is 0 Å². The number of anilines is 1. The summed E-state index contributed by atoms with van der Waals surface area (Å²) in [5, 5.41) is 0. The van der Waals surface area contributed by atoms with Crippen LogP contribution in [0.5, 0.6) is 0 Å². The van der Waals surface area contributed by atoms with E-state index in [1.165, 1.54) is 12.1 Å². The summed E-state index contributed by atoms with van der Waals surface area (Å²) in [4.78, 5) is 27.1. The molecule has 0 bridgehead atoms. The lowest BCUT2D eigenvalue weighted by Gasteiger charge is -2.37. The molecule has 29 heavy (non-hydrogen) atoms. The Kier molecular flexibility index (Phi) is 5.73. The van der Waals surface area contributed by atoms with Gasteiger partial charge in [0, 0.05) is 10.0 Å². The van der Waals surface area contributed by atoms with Gasteiger partial charge in [0.05, 0.1) is 17.0 Å². The van der Waals surface area contributed by atoms with Crippen LogP contribution in [0, 0.1) is 6.92 Å². The molecule has 1 fully saturated rings. The second kappa shape index (κ2) is 7.66. The van der Waals surface area contributed by atoms with E-state index >= 15 is 0 Å². The highest BCUT2D eigenvalue weighted by molar-refractivity contribution is 9.10. The lowest BCUT2D eigenvalue weighted by Crippen LogP contribution is -2.54. The molecule has 2 aromatic rings. The smallest absolute Gasteiger partial charge is 0.252 e. The first-order valence-electron chi connectivity index (χ1n) is 9.16. The van der Waals surface area contributed by atoms with E-state index in [9.17, 15) is 18.0 Å². The van der Waals surface area contributed by atoms with E-state index in [0.29, 0.717) is 5.69 Å². The van der Waals surface area contributed by atoms with E-state index in [-0.39, 0.29) is 11.3 Å². The summed E-state index contributed by atoms with van der Waals surface area (Å²) in [6, 6.07) is 12.1. The summed E-state index contributed by atoms with van der Waals surface area (Å²) in [7, 11) is -4.01. The predicted octanol–water partition coefficient (Wildman–Crippen LogP) is 3.88. The zero-order valence-corrected chi connectivity index (χ0v) is 19.1. The second-order valence-corrected chi connectivity index (χ2v) is 10.8. The first kappa shape index (κ1) is 21.7. The quantitative estimate of drug-likeness (QED) is 0.624. The standard InChI is InChI=1S/C21H23BrN2O4S/c1-14-5-9-16(10-6-14)23-19(25)13-18(20(23)26)24(21(2,3)4)29(27,28)17-11-7-15(22)8-12-17/h5-12,18H,13H2,1-4H3. The highest BCUT2D eigenvalue weighted by atomic mass is 79.9. The van der Waals surface area contributed by atoms with Crippen molar-refractivity contribution >= 4 is 43.5 Å². The van der Waals surface area contributed by atoms with Crippen molar-refractivity contribution in [2.75, 3.05) is 4.90 Å². The maximum atomic E-state index is 13.4. The molecule has 2 amide bonds. The van der Waals surface area contributed by atoms with E-state index in [0.717, 1.165) is 19.2 Å². The molecule has 1 atom stereocenters. The Morgan fingerprint density at radius 3 is 2.07 bits per heavy atom. The molecule has 0 radical (unpaired) electrons. The molecule has 0 aromatic heterocycles. The SMILES string of the molecule is Cc1ccc(N2C(=O)CC(N(C(C)(C)C)S(=O)(=O)c3ccc(Br)cc3)C2=O)cc1. The van der Waals surface area contributed by atoms with Crippen molar-refractivity contribution in [2.45, 2.75) is 50.6 Å². The Morgan fingerprint density at radius 2 is 1.55 bits per heavy atom. The van der Waals surface area contributed by atoms with Gasteiger partial charge in [0.1, 0.15) is 6.04 Å². The van der Waals surface area contributed by atoms with Gasteiger partial charge >= 0.3 is 0 Å². The van der Waals surface area contributed by atoms with Crippen molar-refractivity contribution in [3.05, 3.63) is 58.6 Å². The van der Waals surface area contributed by atoms with Gasteiger partial charge in [-0.05, 0) is 64.1 Å². The molecular weight excluding hydrogens is 456 g/mol. The van der Waals surface area contributed by atoms with E-state index in [4.69, 9.17) is 0 Å². The number of halogens is 1. The van der Waals surface area contributed by atoms with Crippen molar-refractivity contribution in [3.63, 3.8) is 0 Å². The molecule has 1 aliphatic rings. The first-order valence-corrected chi connectivity index (χ1v) is 11.4. The van der Waals surface area contributed by atoms with Crippen LogP contribution in [-0.2, 0) is 19.6 Å². The van der Waals surface area contributed by atoms with Gasteiger partial charge in [0.2, 0.25) is 15.9 Å². The van der Waals surface area contributed by atoms with Crippen molar-refractivity contribution < 1.29 is 18.0 Å². The fraction of sp³-hybridized carbons (Fsp3) is 0.333. The number of benzene rings is 2. The van der Waals surface area contributed by atoms with E-state index in [1.54, 1.807) is 45.0 Å². The predicted molar refractivity (Wildman–Crippen MR) is 115 cm³/mol. The van der Waals surface area contributed by atoms with Gasteiger partial charge in [-0.2, -0.15) is 4.31 Å². The number of aryl methyl sites for hydroxylation is 1. The van der Waals surface area contributed by atoms with Crippen LogP contribution in [0.1, 0.15) is 32.8 Å². The number of rotatable bonds is 4. The Bertz CT molecular complexity index is 1040. The lowest BCUT2D eigenvalue weighted by atomic mass is 10.1. The van der Waals surface area contributed by atoms with Gasteiger partial charge < -0.3 is 0 Å². The van der Waals surface area contributed by atoms with Crippen molar-refractivity contribution in [1.82, 2.24) is 4.31 Å². The maximum absolute atomic E-state index is 13.4. The third kappa shape index (κ3) is 4.15. The highest BCUT2D eigenvalue weighted by Gasteiger charge is 2.50. The molecule has 1 unspecified atom stereocenters. The molecule has 0 aliphatic carbocycles. The zero-order chi connectivity index (χ0) is 21.6. The fourth-order valence-corrected chi connectivity index (χ4v) is 5.67. The molecule has 6 nitrogen and oxygen atoms in total. The number of carbonyl (C=O) groups is 2. The van der Waals surface area contributed by atoms with Crippen LogP contribution in [0.4, 0.5) is 5.69 Å². The van der Waals surface area contributed by atoms with E-state index < -0.39 is 33.4 Å². The lowest BCUT2D eigenvalue weighted by molar-refractivity contribution is -0.122. The molecule has 8 heteroatoms. The minimum Gasteiger partial charge on any atom is -0.274 e. The molecule has 1 heterocycles. The largest absolute Gasteiger partial charge is 0.274 e. The summed E-state index contributed by atoms with van der Waals surface area (Å²) >= 11 is 3.30. The minimum atomic E-state index is -4.01. The molecule has 0 N–H and O–H groups in total. The van der Waals surface area contributed by atoms with Crippen LogP contribution in [0.3, 0.4) is 0 Å². The first-order chi connectivity index (χ1) is 13.4. The monoisotopic (exact) mass is 478 g/mol. The molecule has 1 aliphatic heterocycles. The van der Waals surface area contributed by atoms with Gasteiger partial charge in [-0.1, -0.05) is 33.6 Å². The Balaban J connectivity index is 2.04. The van der Waals surface area contributed by atoms with Crippen molar-refractivity contribution in [1.29, 1.82) is 0 Å². The van der Waals surface area contributed by atoms with E-state index in [1.807, 2.05) is 19.1 Å². The topological polar surface area (TPSA) is 74.8 Å². The second-order valence-electron chi connectivity index (χ2n) is 8.05. The Labute approximate surface area is 179 Å². The number of sulfonamides is 1. The van der Waals surface area contributed by atoms with Gasteiger partial charge in [-0.15, -0.1) is 0 Å². The highest BCUT2D eigenvalue weighted by Crippen LogP contribution is 2.34. The molecule has 3 rings (SSSR count). The molecule has 0 spiro atoms. The summed E-state index contributed by atoms with van der Waals surface area (Å²) in [6.45, 7) is 7.06. The number of nitrogens with zero attached hydrogens (tertiary/aromatic N) is 2. The van der Waals surface area contributed by atoms with E-state index in [2.05, 4.69) is 15.9 Å². The van der Waals surface area contributed by atoms with Crippen LogP contribution >= 0.6 is 15.9 Å². The number of imide groups is 1. The average molecular weight is 479 g/mol. The van der Waals surface area contributed by atoms with Crippen molar-refractivity contribution in [3.8, 4) is 0 Å². The Hall–Kier alpha value is -2.03. The van der Waals surface area contributed by atoms with Gasteiger partial charge in [0.25, 0.3) is 5.91 Å². The number of hydrogen-bond donors (Lipinski definition) is 0. The molecule has 154 valence electrons. The summed E-state index contributed by atoms with van der Waals surface area (Å²) < 4.78 is 28.8. The number of amides is 2. The third-order valence-electron chi connectivity index (χ3n) is 4.73. The molecule has 1 saturated heterocycles. The summed E-state index contributed by atoms with van der Waals surface area (Å²) in [5.41, 5.74) is 0.539. The normalized spacial score (nSPS) is 18.0. The van der Waals surface area contributed by atoms with Gasteiger partial charge in [-0.3, -0.25) is 9.59 Å².